The van der Waals surface area contributed by atoms with Gasteiger partial charge in [-0.25, -0.2) is 0 Å². The zero-order valence-electron chi connectivity index (χ0n) is 20.7. The molecule has 180 valence electrons. The van der Waals surface area contributed by atoms with E-state index in [0.29, 0.717) is 5.92 Å². The van der Waals surface area contributed by atoms with Crippen molar-refractivity contribution >= 4 is 6.08 Å². The standard InChI is InChI=1S/C29H36N2O3/c1-18-15-27(2)20(8-7-19-6-5-13-30-17-19)9-10-24(27)29-12-11-28(34-29)16-23(31(3)4)26(33)25(32)22(28)14-21(18)29/h5-9,13-14,17,23-26,32-33H,10-12,15-16H2,1-4H3/b8-7+/t23-,24?,25+,26+,27+,28+,29+/m0/s1. The summed E-state index contributed by atoms with van der Waals surface area (Å²) in [4.78, 5) is 6.28. The lowest BCUT2D eigenvalue weighted by Crippen LogP contribution is -2.62. The van der Waals surface area contributed by atoms with Gasteiger partial charge in [0.2, 0.25) is 0 Å². The van der Waals surface area contributed by atoms with Crippen molar-refractivity contribution in [3.63, 3.8) is 0 Å². The largest absolute Gasteiger partial charge is 0.388 e. The Balaban J connectivity index is 1.40. The molecule has 2 spiro atoms. The number of aromatic nitrogens is 1. The van der Waals surface area contributed by atoms with E-state index in [4.69, 9.17) is 4.74 Å². The van der Waals surface area contributed by atoms with E-state index in [-0.39, 0.29) is 17.1 Å². The van der Waals surface area contributed by atoms with Crippen LogP contribution in [-0.2, 0) is 4.74 Å². The third-order valence-electron chi connectivity index (χ3n) is 9.59. The van der Waals surface area contributed by atoms with E-state index in [1.807, 2.05) is 31.3 Å². The van der Waals surface area contributed by atoms with Crippen LogP contribution in [0.2, 0.25) is 0 Å². The molecule has 1 unspecified atom stereocenters. The van der Waals surface area contributed by atoms with Gasteiger partial charge < -0.3 is 19.8 Å². The van der Waals surface area contributed by atoms with Gasteiger partial charge in [0.25, 0.3) is 0 Å². The second-order valence-corrected chi connectivity index (χ2v) is 11.6. The molecule has 1 saturated carbocycles. The highest BCUT2D eigenvalue weighted by Crippen LogP contribution is 2.67. The van der Waals surface area contributed by atoms with Gasteiger partial charge in [0, 0.05) is 29.8 Å². The number of aliphatic hydroxyl groups excluding tert-OH is 2. The number of ether oxygens (including phenoxy) is 1. The number of rotatable bonds is 3. The van der Waals surface area contributed by atoms with Crippen molar-refractivity contribution in [1.82, 2.24) is 9.88 Å². The van der Waals surface area contributed by atoms with Crippen molar-refractivity contribution < 1.29 is 14.9 Å². The molecule has 5 aliphatic rings. The van der Waals surface area contributed by atoms with Crippen molar-refractivity contribution in [3.05, 3.63) is 70.6 Å². The minimum atomic E-state index is -0.884. The normalized spacial score (nSPS) is 43.0. The van der Waals surface area contributed by atoms with Crippen molar-refractivity contribution in [2.24, 2.45) is 11.3 Å². The van der Waals surface area contributed by atoms with Gasteiger partial charge in [-0.1, -0.05) is 42.9 Å². The molecule has 0 aromatic carbocycles. The van der Waals surface area contributed by atoms with Gasteiger partial charge in [0.05, 0.1) is 17.3 Å². The fourth-order valence-electron chi connectivity index (χ4n) is 7.95. The maximum atomic E-state index is 11.2. The van der Waals surface area contributed by atoms with E-state index in [1.54, 1.807) is 6.20 Å². The van der Waals surface area contributed by atoms with Gasteiger partial charge in [0.15, 0.2) is 0 Å². The van der Waals surface area contributed by atoms with Crippen LogP contribution in [-0.4, -0.2) is 63.6 Å². The first-order valence-electron chi connectivity index (χ1n) is 12.6. The molecule has 2 aliphatic heterocycles. The summed E-state index contributed by atoms with van der Waals surface area (Å²) in [6.07, 6.45) is 15.7. The van der Waals surface area contributed by atoms with Crippen molar-refractivity contribution in [2.75, 3.05) is 14.1 Å². The van der Waals surface area contributed by atoms with Crippen LogP contribution in [0.5, 0.6) is 0 Å². The van der Waals surface area contributed by atoms with E-state index in [2.05, 4.69) is 49.2 Å². The molecular weight excluding hydrogens is 424 g/mol. The molecule has 5 nitrogen and oxygen atoms in total. The summed E-state index contributed by atoms with van der Waals surface area (Å²) in [5.41, 5.74) is 5.22. The van der Waals surface area contributed by atoms with Crippen molar-refractivity contribution in [2.45, 2.75) is 75.4 Å². The SMILES string of the molecule is CC1=C2C=C3[C@@H](O)[C@H](O)[C@@H](N(C)C)C[C@]34CC[C@]2(O4)C2CC=C(/C=C/c3cccnc3)[C@@]2(C)C1. The van der Waals surface area contributed by atoms with Crippen LogP contribution < -0.4 is 0 Å². The molecule has 2 fully saturated rings. The fourth-order valence-corrected chi connectivity index (χ4v) is 7.95. The summed E-state index contributed by atoms with van der Waals surface area (Å²) in [7, 11) is 3.96. The minimum absolute atomic E-state index is 0.0108. The van der Waals surface area contributed by atoms with Crippen LogP contribution in [0, 0.1) is 11.3 Å². The first kappa shape index (κ1) is 22.4. The molecule has 1 aromatic rings. The first-order valence-corrected chi connectivity index (χ1v) is 12.6. The Hall–Kier alpha value is -2.05. The average Bonchev–Trinajstić information content (AvgIpc) is 3.30. The molecular formula is C29H36N2O3. The van der Waals surface area contributed by atoms with Gasteiger partial charge in [-0.15, -0.1) is 0 Å². The summed E-state index contributed by atoms with van der Waals surface area (Å²) in [6, 6.07) is 3.94. The fraction of sp³-hybridized carbons (Fsp3) is 0.552. The number of likely N-dealkylation sites (N-methyl/N-ethyl adjacent to an activating group) is 1. The summed E-state index contributed by atoms with van der Waals surface area (Å²) < 4.78 is 7.25. The number of pyridine rings is 1. The van der Waals surface area contributed by atoms with Gasteiger partial charge in [-0.05, 0) is 81.5 Å². The first-order chi connectivity index (χ1) is 16.2. The zero-order chi connectivity index (χ0) is 23.9. The molecule has 7 atom stereocenters. The smallest absolute Gasteiger partial charge is 0.105 e. The molecule has 6 rings (SSSR count). The molecule has 0 radical (unpaired) electrons. The third kappa shape index (κ3) is 2.91. The summed E-state index contributed by atoms with van der Waals surface area (Å²) in [6.45, 7) is 4.65. The van der Waals surface area contributed by atoms with Crippen LogP contribution in [0.1, 0.15) is 51.5 Å². The average molecular weight is 461 g/mol. The Morgan fingerprint density at radius 1 is 1.21 bits per heavy atom. The van der Waals surface area contributed by atoms with Crippen molar-refractivity contribution in [1.29, 1.82) is 0 Å². The monoisotopic (exact) mass is 460 g/mol. The van der Waals surface area contributed by atoms with Crippen LogP contribution in [0.15, 0.2) is 65.0 Å². The van der Waals surface area contributed by atoms with Crippen LogP contribution in [0.4, 0.5) is 0 Å². The van der Waals surface area contributed by atoms with Crippen LogP contribution in [0.25, 0.3) is 6.08 Å². The number of fused-ring (bicyclic) bond motifs is 1. The summed E-state index contributed by atoms with van der Waals surface area (Å²) in [5, 5.41) is 22.1. The molecule has 2 N–H and O–H groups in total. The Kier molecular flexibility index (Phi) is 4.93. The van der Waals surface area contributed by atoms with Crippen LogP contribution in [0.3, 0.4) is 0 Å². The quantitative estimate of drug-likeness (QED) is 0.712. The number of hydrogen-bond acceptors (Lipinski definition) is 5. The molecule has 5 heteroatoms. The van der Waals surface area contributed by atoms with E-state index in [1.165, 1.54) is 16.7 Å². The second-order valence-electron chi connectivity index (χ2n) is 11.6. The van der Waals surface area contributed by atoms with Crippen LogP contribution >= 0.6 is 0 Å². The van der Waals surface area contributed by atoms with E-state index < -0.39 is 17.8 Å². The summed E-state index contributed by atoms with van der Waals surface area (Å²) >= 11 is 0. The second kappa shape index (κ2) is 7.47. The van der Waals surface area contributed by atoms with Gasteiger partial charge >= 0.3 is 0 Å². The molecule has 3 aliphatic carbocycles. The lowest BCUT2D eigenvalue weighted by Gasteiger charge is -2.56. The Morgan fingerprint density at radius 2 is 2.03 bits per heavy atom. The van der Waals surface area contributed by atoms with Gasteiger partial charge in [-0.3, -0.25) is 4.98 Å². The molecule has 0 amide bonds. The topological polar surface area (TPSA) is 65.8 Å². The van der Waals surface area contributed by atoms with Crippen molar-refractivity contribution in [3.8, 4) is 0 Å². The number of allylic oxidation sites excluding steroid dienone is 4. The predicted molar refractivity (Wildman–Crippen MR) is 133 cm³/mol. The van der Waals surface area contributed by atoms with E-state index in [9.17, 15) is 10.2 Å². The Morgan fingerprint density at radius 3 is 2.76 bits per heavy atom. The number of hydrogen-bond donors (Lipinski definition) is 2. The lowest BCUT2D eigenvalue weighted by atomic mass is 9.57. The molecule has 34 heavy (non-hydrogen) atoms. The third-order valence-corrected chi connectivity index (χ3v) is 9.59. The highest BCUT2D eigenvalue weighted by molar-refractivity contribution is 5.57. The van der Waals surface area contributed by atoms with E-state index in [0.717, 1.165) is 43.2 Å². The molecule has 3 heterocycles. The summed E-state index contributed by atoms with van der Waals surface area (Å²) in [5.74, 6) is 0.367. The molecule has 1 saturated heterocycles. The molecule has 1 aromatic heterocycles. The Labute approximate surface area is 202 Å². The van der Waals surface area contributed by atoms with E-state index >= 15 is 0 Å². The molecule has 2 bridgehead atoms. The number of nitrogens with zero attached hydrogens (tertiary/aromatic N) is 2. The maximum Gasteiger partial charge on any atom is 0.105 e. The Bertz CT molecular complexity index is 1140. The lowest BCUT2D eigenvalue weighted by molar-refractivity contribution is -0.163. The van der Waals surface area contributed by atoms with Gasteiger partial charge in [-0.2, -0.15) is 0 Å². The van der Waals surface area contributed by atoms with Gasteiger partial charge in [0.1, 0.15) is 6.10 Å². The highest BCUT2D eigenvalue weighted by atomic mass is 16.5. The minimum Gasteiger partial charge on any atom is -0.388 e. The number of aliphatic hydroxyl groups is 2. The zero-order valence-corrected chi connectivity index (χ0v) is 20.7. The highest BCUT2D eigenvalue weighted by Gasteiger charge is 2.67. The predicted octanol–water partition coefficient (Wildman–Crippen LogP) is 4.05. The maximum absolute atomic E-state index is 11.2.